The van der Waals surface area contributed by atoms with Crippen LogP contribution in [-0.4, -0.2) is 21.2 Å². The van der Waals surface area contributed by atoms with Crippen LogP contribution in [0.2, 0.25) is 0 Å². The first-order valence-electron chi connectivity index (χ1n) is 6.80. The summed E-state index contributed by atoms with van der Waals surface area (Å²) < 4.78 is 0. The van der Waals surface area contributed by atoms with Crippen molar-refractivity contribution < 1.29 is 5.11 Å². The van der Waals surface area contributed by atoms with E-state index in [-0.39, 0.29) is 5.41 Å². The molecule has 20 heavy (non-hydrogen) atoms. The van der Waals surface area contributed by atoms with E-state index in [9.17, 15) is 5.11 Å². The van der Waals surface area contributed by atoms with Crippen LogP contribution in [0.15, 0.2) is 61.0 Å². The Labute approximate surface area is 118 Å². The van der Waals surface area contributed by atoms with E-state index in [4.69, 9.17) is 0 Å². The van der Waals surface area contributed by atoms with Gasteiger partial charge in [-0.15, -0.1) is 0 Å². The number of nitrogens with one attached hydrogen (secondary N) is 1. The summed E-state index contributed by atoms with van der Waals surface area (Å²) in [6.07, 6.45) is 9.79. The summed E-state index contributed by atoms with van der Waals surface area (Å²) in [6, 6.07) is 10.3. The van der Waals surface area contributed by atoms with E-state index in [1.54, 1.807) is 12.4 Å². The first-order chi connectivity index (χ1) is 9.67. The van der Waals surface area contributed by atoms with Crippen LogP contribution in [0.25, 0.3) is 5.57 Å². The number of rotatable bonds is 3. The van der Waals surface area contributed by atoms with Gasteiger partial charge >= 0.3 is 0 Å². The summed E-state index contributed by atoms with van der Waals surface area (Å²) in [7, 11) is 0. The minimum Gasteiger partial charge on any atom is -0.388 e. The fourth-order valence-electron chi connectivity index (χ4n) is 2.57. The van der Waals surface area contributed by atoms with Crippen LogP contribution in [-0.2, 0) is 6.42 Å². The van der Waals surface area contributed by atoms with Crippen LogP contribution in [0.5, 0.6) is 0 Å². The lowest BCUT2D eigenvalue weighted by Crippen LogP contribution is -2.33. The van der Waals surface area contributed by atoms with Crippen LogP contribution in [0.3, 0.4) is 0 Å². The molecule has 1 aliphatic carbocycles. The molecular weight excluding hydrogens is 248 g/mol. The van der Waals surface area contributed by atoms with Gasteiger partial charge in [0.1, 0.15) is 5.82 Å². The van der Waals surface area contributed by atoms with Crippen molar-refractivity contribution in [3.63, 3.8) is 0 Å². The number of imidazole rings is 1. The number of H-pyrrole nitrogens is 1. The van der Waals surface area contributed by atoms with Gasteiger partial charge in [0.25, 0.3) is 0 Å². The molecule has 1 aromatic carbocycles. The number of aromatic nitrogens is 2. The zero-order chi connectivity index (χ0) is 14.0. The molecular formula is C17H18N2O. The Kier molecular flexibility index (Phi) is 3.28. The molecule has 0 saturated carbocycles. The summed E-state index contributed by atoms with van der Waals surface area (Å²) in [5.74, 6) is 0.794. The van der Waals surface area contributed by atoms with E-state index in [0.29, 0.717) is 0 Å². The molecule has 3 heteroatoms. The Hall–Kier alpha value is -2.13. The third-order valence-corrected chi connectivity index (χ3v) is 3.86. The van der Waals surface area contributed by atoms with Crippen LogP contribution >= 0.6 is 0 Å². The molecule has 2 unspecified atom stereocenters. The molecule has 0 saturated heterocycles. The molecule has 3 nitrogen and oxygen atoms in total. The predicted molar refractivity (Wildman–Crippen MR) is 80.0 cm³/mol. The number of aliphatic hydroxyl groups excluding tert-OH is 1. The molecule has 1 heterocycles. The highest BCUT2D eigenvalue weighted by Crippen LogP contribution is 2.35. The highest BCUT2D eigenvalue weighted by molar-refractivity contribution is 5.71. The number of nitrogens with zero attached hydrogens (tertiary/aromatic N) is 1. The third-order valence-electron chi connectivity index (χ3n) is 3.86. The molecule has 2 aromatic rings. The van der Waals surface area contributed by atoms with Gasteiger partial charge in [-0.1, -0.05) is 49.4 Å². The van der Waals surface area contributed by atoms with Crippen LogP contribution < -0.4 is 0 Å². The Morgan fingerprint density at radius 2 is 2.10 bits per heavy atom. The molecule has 3 rings (SSSR count). The molecule has 102 valence electrons. The largest absolute Gasteiger partial charge is 0.388 e. The number of hydrogen-bond donors (Lipinski definition) is 2. The number of benzene rings is 1. The molecule has 0 aliphatic heterocycles. The molecule has 1 aromatic heterocycles. The zero-order valence-electron chi connectivity index (χ0n) is 11.5. The van der Waals surface area contributed by atoms with Gasteiger partial charge in [-0.05, 0) is 18.1 Å². The van der Waals surface area contributed by atoms with Gasteiger partial charge in [-0.3, -0.25) is 0 Å². The number of aliphatic hydroxyl groups is 1. The Balaban J connectivity index is 1.82. The van der Waals surface area contributed by atoms with E-state index in [1.807, 2.05) is 30.4 Å². The second-order valence-corrected chi connectivity index (χ2v) is 5.51. The average molecular weight is 266 g/mol. The lowest BCUT2D eigenvalue weighted by Gasteiger charge is -2.33. The average Bonchev–Trinajstić information content (AvgIpc) is 2.97. The molecule has 0 spiro atoms. The Morgan fingerprint density at radius 3 is 2.75 bits per heavy atom. The molecule has 0 bridgehead atoms. The predicted octanol–water partition coefficient (Wildman–Crippen LogP) is 2.97. The standard InChI is InChI=1S/C17H18N2O/c1-17(12-13-5-3-2-4-6-13)8-7-14(11-15(17)20)16-18-9-10-19-16/h2-11,15,20H,12H2,1H3,(H,18,19). The van der Waals surface area contributed by atoms with Gasteiger partial charge in [0.15, 0.2) is 0 Å². The molecule has 2 N–H and O–H groups in total. The number of aromatic amines is 1. The van der Waals surface area contributed by atoms with Crippen molar-refractivity contribution in [2.24, 2.45) is 5.41 Å². The summed E-state index contributed by atoms with van der Waals surface area (Å²) in [6.45, 7) is 2.08. The minimum atomic E-state index is -0.521. The van der Waals surface area contributed by atoms with Crippen molar-refractivity contribution in [3.8, 4) is 0 Å². The van der Waals surface area contributed by atoms with Crippen molar-refractivity contribution in [1.82, 2.24) is 9.97 Å². The maximum Gasteiger partial charge on any atom is 0.137 e. The first-order valence-corrected chi connectivity index (χ1v) is 6.80. The topological polar surface area (TPSA) is 48.9 Å². The maximum absolute atomic E-state index is 10.5. The van der Waals surface area contributed by atoms with Crippen molar-refractivity contribution in [2.45, 2.75) is 19.4 Å². The van der Waals surface area contributed by atoms with Gasteiger partial charge in [-0.2, -0.15) is 0 Å². The monoisotopic (exact) mass is 266 g/mol. The fraction of sp³-hybridized carbons (Fsp3) is 0.235. The van der Waals surface area contributed by atoms with Gasteiger partial charge in [0.2, 0.25) is 0 Å². The van der Waals surface area contributed by atoms with E-state index >= 15 is 0 Å². The molecule has 0 fully saturated rings. The quantitative estimate of drug-likeness (QED) is 0.897. The highest BCUT2D eigenvalue weighted by atomic mass is 16.3. The van der Waals surface area contributed by atoms with Crippen LogP contribution in [0, 0.1) is 5.41 Å². The van der Waals surface area contributed by atoms with Gasteiger partial charge in [-0.25, -0.2) is 4.98 Å². The van der Waals surface area contributed by atoms with Crippen LogP contribution in [0.1, 0.15) is 18.3 Å². The normalized spacial score (nSPS) is 25.5. The maximum atomic E-state index is 10.5. The summed E-state index contributed by atoms with van der Waals surface area (Å²) in [4.78, 5) is 7.28. The lowest BCUT2D eigenvalue weighted by atomic mass is 9.75. The van der Waals surface area contributed by atoms with E-state index < -0.39 is 6.10 Å². The van der Waals surface area contributed by atoms with E-state index in [2.05, 4.69) is 35.1 Å². The number of allylic oxidation sites excluding steroid dienone is 2. The molecule has 2 atom stereocenters. The van der Waals surface area contributed by atoms with Crippen LogP contribution in [0.4, 0.5) is 0 Å². The third kappa shape index (κ3) is 2.45. The highest BCUT2D eigenvalue weighted by Gasteiger charge is 2.32. The Bertz CT molecular complexity index is 628. The zero-order valence-corrected chi connectivity index (χ0v) is 11.5. The van der Waals surface area contributed by atoms with Crippen molar-refractivity contribution in [1.29, 1.82) is 0 Å². The molecule has 1 aliphatic rings. The first kappa shape index (κ1) is 12.9. The molecule has 0 amide bonds. The smallest absolute Gasteiger partial charge is 0.137 e. The van der Waals surface area contributed by atoms with Gasteiger partial charge in [0, 0.05) is 23.4 Å². The second kappa shape index (κ2) is 5.10. The van der Waals surface area contributed by atoms with Gasteiger partial charge < -0.3 is 10.1 Å². The van der Waals surface area contributed by atoms with Crippen molar-refractivity contribution in [2.75, 3.05) is 0 Å². The van der Waals surface area contributed by atoms with Gasteiger partial charge in [0.05, 0.1) is 6.10 Å². The fourth-order valence-corrected chi connectivity index (χ4v) is 2.57. The van der Waals surface area contributed by atoms with E-state index in [0.717, 1.165) is 17.8 Å². The summed E-state index contributed by atoms with van der Waals surface area (Å²) >= 11 is 0. The van der Waals surface area contributed by atoms with Crippen molar-refractivity contribution >= 4 is 5.57 Å². The van der Waals surface area contributed by atoms with Crippen molar-refractivity contribution in [3.05, 3.63) is 72.3 Å². The second-order valence-electron chi connectivity index (χ2n) is 5.51. The Morgan fingerprint density at radius 1 is 1.30 bits per heavy atom. The summed E-state index contributed by atoms with van der Waals surface area (Å²) in [5.41, 5.74) is 1.89. The van der Waals surface area contributed by atoms with E-state index in [1.165, 1.54) is 5.56 Å². The molecule has 0 radical (unpaired) electrons. The number of hydrogen-bond acceptors (Lipinski definition) is 2. The lowest BCUT2D eigenvalue weighted by molar-refractivity contribution is 0.111. The summed E-state index contributed by atoms with van der Waals surface area (Å²) in [5, 5.41) is 10.5. The minimum absolute atomic E-state index is 0.280. The SMILES string of the molecule is CC1(Cc2ccccc2)C=CC(c2ncc[nH]2)=CC1O.